The van der Waals surface area contributed by atoms with E-state index in [-0.39, 0.29) is 0 Å². The molecule has 1 aromatic carbocycles. The van der Waals surface area contributed by atoms with Gasteiger partial charge in [0.2, 0.25) is 0 Å². The molecule has 23 heavy (non-hydrogen) atoms. The average Bonchev–Trinajstić information content (AvgIpc) is 2.61. The lowest BCUT2D eigenvalue weighted by Gasteiger charge is -2.23. The second kappa shape index (κ2) is 7.36. The van der Waals surface area contributed by atoms with E-state index in [9.17, 15) is 0 Å². The molecule has 1 aliphatic rings. The van der Waals surface area contributed by atoms with Crippen LogP contribution in [0, 0.1) is 5.92 Å². The molecule has 2 aromatic rings. The average molecular weight is 311 g/mol. The lowest BCUT2D eigenvalue weighted by molar-refractivity contribution is 0.209. The van der Waals surface area contributed by atoms with E-state index in [2.05, 4.69) is 9.88 Å². The molecular weight excluding hydrogens is 286 g/mol. The number of nitrogens with zero attached hydrogens (tertiary/aromatic N) is 2. The van der Waals surface area contributed by atoms with Crippen molar-refractivity contribution >= 4 is 17.1 Å². The molecule has 1 aliphatic carbocycles. The van der Waals surface area contributed by atoms with E-state index in [4.69, 9.17) is 10.5 Å². The highest BCUT2D eigenvalue weighted by Crippen LogP contribution is 2.31. The van der Waals surface area contributed by atoms with Crippen LogP contribution in [0.1, 0.15) is 32.1 Å². The Hall–Kier alpha value is -2.23. The van der Waals surface area contributed by atoms with Gasteiger partial charge in [0, 0.05) is 30.8 Å². The highest BCUT2D eigenvalue weighted by molar-refractivity contribution is 5.69. The monoisotopic (exact) mass is 311 g/mol. The van der Waals surface area contributed by atoms with E-state index in [0.29, 0.717) is 11.6 Å². The van der Waals surface area contributed by atoms with Crippen molar-refractivity contribution in [1.29, 1.82) is 0 Å². The zero-order valence-corrected chi connectivity index (χ0v) is 13.7. The molecule has 4 nitrogen and oxygen atoms in total. The Morgan fingerprint density at radius 1 is 1.09 bits per heavy atom. The first-order chi connectivity index (χ1) is 11.2. The van der Waals surface area contributed by atoms with Crippen LogP contribution in [0.15, 0.2) is 42.7 Å². The van der Waals surface area contributed by atoms with Crippen molar-refractivity contribution in [3.8, 4) is 5.75 Å². The van der Waals surface area contributed by atoms with Crippen LogP contribution >= 0.6 is 0 Å². The van der Waals surface area contributed by atoms with Crippen LogP contribution in [0.4, 0.5) is 17.1 Å². The van der Waals surface area contributed by atoms with Crippen molar-refractivity contribution < 1.29 is 4.74 Å². The largest absolute Gasteiger partial charge is 0.491 e. The number of benzene rings is 1. The molecule has 4 heteroatoms. The van der Waals surface area contributed by atoms with Crippen LogP contribution in [0.3, 0.4) is 0 Å². The predicted octanol–water partition coefficient (Wildman–Crippen LogP) is 4.39. The van der Waals surface area contributed by atoms with Crippen LogP contribution in [0.2, 0.25) is 0 Å². The van der Waals surface area contributed by atoms with Crippen molar-refractivity contribution in [2.24, 2.45) is 5.92 Å². The fourth-order valence-electron chi connectivity index (χ4n) is 3.15. The molecule has 1 heterocycles. The van der Waals surface area contributed by atoms with Crippen molar-refractivity contribution in [2.75, 3.05) is 24.3 Å². The second-order valence-corrected chi connectivity index (χ2v) is 6.30. The summed E-state index contributed by atoms with van der Waals surface area (Å²) in [6.07, 6.45) is 10.2. The number of aromatic nitrogens is 1. The van der Waals surface area contributed by atoms with Crippen molar-refractivity contribution in [3.05, 3.63) is 42.7 Å². The number of anilines is 3. The highest BCUT2D eigenvalue weighted by atomic mass is 16.5. The molecule has 1 fully saturated rings. The first kappa shape index (κ1) is 15.7. The Morgan fingerprint density at radius 2 is 1.83 bits per heavy atom. The number of hydrogen-bond donors (Lipinski definition) is 1. The Bertz CT molecular complexity index is 624. The third-order valence-electron chi connectivity index (χ3n) is 4.63. The van der Waals surface area contributed by atoms with Gasteiger partial charge in [0.1, 0.15) is 5.75 Å². The summed E-state index contributed by atoms with van der Waals surface area (Å²) in [6.45, 7) is 0.781. The first-order valence-corrected chi connectivity index (χ1v) is 8.40. The smallest absolute Gasteiger partial charge is 0.142 e. The van der Waals surface area contributed by atoms with Gasteiger partial charge in [0.05, 0.1) is 12.3 Å². The van der Waals surface area contributed by atoms with Gasteiger partial charge in [-0.25, -0.2) is 0 Å². The van der Waals surface area contributed by atoms with E-state index in [1.807, 2.05) is 37.4 Å². The molecule has 0 unspecified atom stereocenters. The predicted molar refractivity (Wildman–Crippen MR) is 95.2 cm³/mol. The minimum Gasteiger partial charge on any atom is -0.491 e. The van der Waals surface area contributed by atoms with Gasteiger partial charge in [-0.3, -0.25) is 4.98 Å². The molecule has 0 atom stereocenters. The van der Waals surface area contributed by atoms with Crippen molar-refractivity contribution in [1.82, 2.24) is 4.98 Å². The molecule has 0 spiro atoms. The van der Waals surface area contributed by atoms with Crippen molar-refractivity contribution in [3.63, 3.8) is 0 Å². The Balaban J connectivity index is 1.65. The minimum atomic E-state index is 0.683. The minimum absolute atomic E-state index is 0.683. The Labute approximate surface area is 138 Å². The molecule has 1 saturated carbocycles. The molecule has 2 N–H and O–H groups in total. The summed E-state index contributed by atoms with van der Waals surface area (Å²) in [5.41, 5.74) is 9.00. The van der Waals surface area contributed by atoms with Gasteiger partial charge in [0.15, 0.2) is 0 Å². The number of pyridine rings is 1. The molecule has 0 aliphatic heterocycles. The van der Waals surface area contributed by atoms with E-state index >= 15 is 0 Å². The summed E-state index contributed by atoms with van der Waals surface area (Å²) >= 11 is 0. The lowest BCUT2D eigenvalue weighted by Crippen LogP contribution is -2.16. The van der Waals surface area contributed by atoms with Gasteiger partial charge in [-0.15, -0.1) is 0 Å². The topological polar surface area (TPSA) is 51.4 Å². The first-order valence-electron chi connectivity index (χ1n) is 8.40. The summed E-state index contributed by atoms with van der Waals surface area (Å²) in [5.74, 6) is 1.48. The van der Waals surface area contributed by atoms with Gasteiger partial charge in [-0.2, -0.15) is 0 Å². The van der Waals surface area contributed by atoms with Gasteiger partial charge in [0.25, 0.3) is 0 Å². The maximum atomic E-state index is 6.19. The molecular formula is C19H25N3O. The Kier molecular flexibility index (Phi) is 5.01. The van der Waals surface area contributed by atoms with Gasteiger partial charge >= 0.3 is 0 Å². The summed E-state index contributed by atoms with van der Waals surface area (Å²) < 4.78 is 5.96. The van der Waals surface area contributed by atoms with Crippen LogP contribution in [-0.4, -0.2) is 18.6 Å². The van der Waals surface area contributed by atoms with Crippen LogP contribution in [0.5, 0.6) is 5.75 Å². The number of rotatable bonds is 5. The van der Waals surface area contributed by atoms with E-state index in [1.54, 1.807) is 12.4 Å². The lowest BCUT2D eigenvalue weighted by atomic mass is 9.90. The second-order valence-electron chi connectivity index (χ2n) is 6.30. The SMILES string of the molecule is CN(c1ccncc1)c1ccc(OCC2CCCCC2)c(N)c1. The zero-order valence-electron chi connectivity index (χ0n) is 13.7. The van der Waals surface area contributed by atoms with Gasteiger partial charge < -0.3 is 15.4 Å². The molecule has 122 valence electrons. The van der Waals surface area contributed by atoms with Gasteiger partial charge in [-0.05, 0) is 49.1 Å². The molecule has 1 aromatic heterocycles. The third kappa shape index (κ3) is 3.95. The van der Waals surface area contributed by atoms with Crippen LogP contribution in [0.25, 0.3) is 0 Å². The maximum Gasteiger partial charge on any atom is 0.142 e. The highest BCUT2D eigenvalue weighted by Gasteiger charge is 2.15. The quantitative estimate of drug-likeness (QED) is 0.832. The summed E-state index contributed by atoms with van der Waals surface area (Å²) in [6, 6.07) is 9.95. The summed E-state index contributed by atoms with van der Waals surface area (Å²) in [7, 11) is 2.02. The molecule has 0 bridgehead atoms. The number of nitrogens with two attached hydrogens (primary N) is 1. The molecule has 0 saturated heterocycles. The van der Waals surface area contributed by atoms with Crippen LogP contribution < -0.4 is 15.4 Å². The normalized spacial score (nSPS) is 15.3. The van der Waals surface area contributed by atoms with E-state index < -0.39 is 0 Å². The number of hydrogen-bond acceptors (Lipinski definition) is 4. The van der Waals surface area contributed by atoms with E-state index in [0.717, 1.165) is 23.7 Å². The summed E-state index contributed by atoms with van der Waals surface area (Å²) in [4.78, 5) is 6.14. The number of nitrogen functional groups attached to an aromatic ring is 1. The standard InChI is InChI=1S/C19H25N3O/c1-22(16-9-11-21-12-10-16)17-7-8-19(18(20)13-17)23-14-15-5-3-2-4-6-15/h7-13,15H,2-6,14,20H2,1H3. The van der Waals surface area contributed by atoms with E-state index in [1.165, 1.54) is 32.1 Å². The molecule has 0 radical (unpaired) electrons. The van der Waals surface area contributed by atoms with Crippen LogP contribution in [-0.2, 0) is 0 Å². The fourth-order valence-corrected chi connectivity index (χ4v) is 3.15. The Morgan fingerprint density at radius 3 is 2.52 bits per heavy atom. The summed E-state index contributed by atoms with van der Waals surface area (Å²) in [5, 5.41) is 0. The van der Waals surface area contributed by atoms with Gasteiger partial charge in [-0.1, -0.05) is 19.3 Å². The van der Waals surface area contributed by atoms with Crippen molar-refractivity contribution in [2.45, 2.75) is 32.1 Å². The molecule has 3 rings (SSSR count). The zero-order chi connectivity index (χ0) is 16.1. The fraction of sp³-hybridized carbons (Fsp3) is 0.421. The third-order valence-corrected chi connectivity index (χ3v) is 4.63. The number of ether oxygens (including phenoxy) is 1. The maximum absolute atomic E-state index is 6.19. The molecule has 0 amide bonds.